The summed E-state index contributed by atoms with van der Waals surface area (Å²) >= 11 is 9.33. The molecule has 0 saturated carbocycles. The van der Waals surface area contributed by atoms with Crippen molar-refractivity contribution in [3.05, 3.63) is 39.6 Å². The van der Waals surface area contributed by atoms with E-state index in [1.54, 1.807) is 16.9 Å². The Morgan fingerprint density at radius 3 is 3.00 bits per heavy atom. The van der Waals surface area contributed by atoms with Crippen LogP contribution < -0.4 is 11.1 Å². The number of rotatable bonds is 4. The van der Waals surface area contributed by atoms with Gasteiger partial charge in [0.2, 0.25) is 5.91 Å². The van der Waals surface area contributed by atoms with Crippen molar-refractivity contribution in [3.8, 4) is 5.69 Å². The van der Waals surface area contributed by atoms with E-state index in [-0.39, 0.29) is 12.5 Å². The topological polar surface area (TPSA) is 85.8 Å². The average molecular weight is 345 g/mol. The molecule has 0 aliphatic heterocycles. The van der Waals surface area contributed by atoms with E-state index >= 15 is 0 Å². The van der Waals surface area contributed by atoms with Gasteiger partial charge in [-0.1, -0.05) is 16.8 Å². The van der Waals surface area contributed by atoms with Gasteiger partial charge in [0.1, 0.15) is 5.69 Å². The van der Waals surface area contributed by atoms with Crippen LogP contribution in [0.1, 0.15) is 5.69 Å². The van der Waals surface area contributed by atoms with Crippen LogP contribution in [0.2, 0.25) is 5.02 Å². The fourth-order valence-electron chi connectivity index (χ4n) is 1.39. The Kier molecular flexibility index (Phi) is 4.52. The van der Waals surface area contributed by atoms with Crippen molar-refractivity contribution in [2.75, 3.05) is 6.54 Å². The summed E-state index contributed by atoms with van der Waals surface area (Å²) in [4.78, 5) is 11.0. The molecule has 1 heterocycles. The lowest BCUT2D eigenvalue weighted by Gasteiger charge is -2.02. The summed E-state index contributed by atoms with van der Waals surface area (Å²) in [6.07, 6.45) is 1.72. The van der Waals surface area contributed by atoms with Gasteiger partial charge >= 0.3 is 0 Å². The van der Waals surface area contributed by atoms with E-state index in [9.17, 15) is 4.79 Å². The molecule has 2 rings (SSSR count). The van der Waals surface area contributed by atoms with Crippen LogP contribution in [0.25, 0.3) is 5.69 Å². The van der Waals surface area contributed by atoms with Gasteiger partial charge in [0.05, 0.1) is 30.0 Å². The van der Waals surface area contributed by atoms with Crippen LogP contribution in [-0.4, -0.2) is 27.4 Å². The highest BCUT2D eigenvalue weighted by molar-refractivity contribution is 9.10. The van der Waals surface area contributed by atoms with Gasteiger partial charge in [0.15, 0.2) is 0 Å². The van der Waals surface area contributed by atoms with Gasteiger partial charge in [-0.2, -0.15) is 0 Å². The molecule has 8 heteroatoms. The number of carbonyl (C=O) groups is 1. The predicted octanol–water partition coefficient (Wildman–Crippen LogP) is 1.26. The molecule has 0 spiro atoms. The van der Waals surface area contributed by atoms with Crippen molar-refractivity contribution in [2.45, 2.75) is 6.54 Å². The summed E-state index contributed by atoms with van der Waals surface area (Å²) in [6, 6.07) is 5.45. The monoisotopic (exact) mass is 343 g/mol. The number of carbonyl (C=O) groups excluding carboxylic acids is 1. The van der Waals surface area contributed by atoms with E-state index < -0.39 is 0 Å². The highest BCUT2D eigenvalue weighted by atomic mass is 79.9. The maximum absolute atomic E-state index is 11.0. The molecular weight excluding hydrogens is 334 g/mol. The third-order valence-electron chi connectivity index (χ3n) is 2.36. The first kappa shape index (κ1) is 14.0. The fraction of sp³-hybridized carbons (Fsp3) is 0.182. The van der Waals surface area contributed by atoms with Gasteiger partial charge < -0.3 is 11.1 Å². The Morgan fingerprint density at radius 2 is 2.32 bits per heavy atom. The second-order valence-electron chi connectivity index (χ2n) is 3.73. The Hall–Kier alpha value is -1.44. The van der Waals surface area contributed by atoms with E-state index in [1.165, 1.54) is 0 Å². The molecule has 0 fully saturated rings. The van der Waals surface area contributed by atoms with Crippen LogP contribution >= 0.6 is 27.5 Å². The summed E-state index contributed by atoms with van der Waals surface area (Å²) in [6.45, 7) is 0.247. The predicted molar refractivity (Wildman–Crippen MR) is 75.0 cm³/mol. The number of hydrogen-bond acceptors (Lipinski definition) is 4. The molecule has 0 atom stereocenters. The van der Waals surface area contributed by atoms with Gasteiger partial charge in [0.25, 0.3) is 0 Å². The van der Waals surface area contributed by atoms with E-state index in [1.807, 2.05) is 12.1 Å². The third-order valence-corrected chi connectivity index (χ3v) is 3.59. The van der Waals surface area contributed by atoms with Gasteiger partial charge in [-0.3, -0.25) is 4.79 Å². The molecule has 0 radical (unpaired) electrons. The second kappa shape index (κ2) is 6.14. The minimum atomic E-state index is -0.235. The fourth-order valence-corrected chi connectivity index (χ4v) is 1.82. The minimum absolute atomic E-state index is 0.0452. The van der Waals surface area contributed by atoms with Crippen LogP contribution in [0.3, 0.4) is 0 Å². The minimum Gasteiger partial charge on any atom is -0.349 e. The van der Waals surface area contributed by atoms with E-state index in [0.717, 1.165) is 10.2 Å². The number of benzene rings is 1. The van der Waals surface area contributed by atoms with E-state index in [0.29, 0.717) is 17.3 Å². The van der Waals surface area contributed by atoms with Crippen LogP contribution in [0.4, 0.5) is 0 Å². The quantitative estimate of drug-likeness (QED) is 0.874. The number of nitrogens with one attached hydrogen (secondary N) is 1. The zero-order chi connectivity index (χ0) is 13.8. The zero-order valence-electron chi connectivity index (χ0n) is 9.81. The van der Waals surface area contributed by atoms with Crippen LogP contribution in [0, 0.1) is 0 Å². The smallest absolute Gasteiger partial charge is 0.234 e. The SMILES string of the molecule is NCC(=O)NCc1cn(-c2ccc(Br)c(Cl)c2)nn1. The Balaban J connectivity index is 2.12. The van der Waals surface area contributed by atoms with Crippen LogP contribution in [0.5, 0.6) is 0 Å². The number of amides is 1. The van der Waals surface area contributed by atoms with Gasteiger partial charge in [-0.15, -0.1) is 5.10 Å². The van der Waals surface area contributed by atoms with Gasteiger partial charge in [-0.25, -0.2) is 4.68 Å². The largest absolute Gasteiger partial charge is 0.349 e. The normalized spacial score (nSPS) is 10.5. The Morgan fingerprint density at radius 1 is 1.53 bits per heavy atom. The lowest BCUT2D eigenvalue weighted by molar-refractivity contribution is -0.119. The van der Waals surface area contributed by atoms with Crippen LogP contribution in [-0.2, 0) is 11.3 Å². The first-order valence-electron chi connectivity index (χ1n) is 5.43. The Labute approximate surface area is 123 Å². The molecule has 0 saturated heterocycles. The first-order chi connectivity index (χ1) is 9.10. The summed E-state index contributed by atoms with van der Waals surface area (Å²) in [7, 11) is 0. The summed E-state index contributed by atoms with van der Waals surface area (Å²) < 4.78 is 2.40. The van der Waals surface area contributed by atoms with Gasteiger partial charge in [-0.05, 0) is 34.1 Å². The summed E-state index contributed by atoms with van der Waals surface area (Å²) in [5, 5.41) is 11.1. The molecule has 0 aliphatic carbocycles. The highest BCUT2D eigenvalue weighted by Crippen LogP contribution is 2.24. The number of aromatic nitrogens is 3. The second-order valence-corrected chi connectivity index (χ2v) is 5.00. The van der Waals surface area contributed by atoms with E-state index in [2.05, 4.69) is 31.6 Å². The third kappa shape index (κ3) is 3.52. The molecule has 1 aromatic carbocycles. The molecule has 0 unspecified atom stereocenters. The van der Waals surface area contributed by atoms with Crippen molar-refractivity contribution < 1.29 is 4.79 Å². The maximum Gasteiger partial charge on any atom is 0.234 e. The molecule has 0 bridgehead atoms. The molecule has 2 aromatic rings. The van der Waals surface area contributed by atoms with E-state index in [4.69, 9.17) is 17.3 Å². The molecule has 3 N–H and O–H groups in total. The average Bonchev–Trinajstić information content (AvgIpc) is 2.88. The van der Waals surface area contributed by atoms with Crippen molar-refractivity contribution in [1.29, 1.82) is 0 Å². The molecule has 1 aromatic heterocycles. The van der Waals surface area contributed by atoms with Crippen molar-refractivity contribution >= 4 is 33.4 Å². The molecule has 1 amide bonds. The molecule has 0 aliphatic rings. The van der Waals surface area contributed by atoms with Crippen molar-refractivity contribution in [1.82, 2.24) is 20.3 Å². The van der Waals surface area contributed by atoms with Crippen LogP contribution in [0.15, 0.2) is 28.9 Å². The molecular formula is C11H11BrClN5O. The Bertz CT molecular complexity index is 601. The zero-order valence-corrected chi connectivity index (χ0v) is 12.1. The molecule has 19 heavy (non-hydrogen) atoms. The number of halogens is 2. The van der Waals surface area contributed by atoms with Gasteiger partial charge in [0, 0.05) is 4.47 Å². The number of hydrogen-bond donors (Lipinski definition) is 2. The first-order valence-corrected chi connectivity index (χ1v) is 6.60. The van der Waals surface area contributed by atoms with Crippen molar-refractivity contribution in [3.63, 3.8) is 0 Å². The summed E-state index contributed by atoms with van der Waals surface area (Å²) in [5.74, 6) is -0.235. The molecule has 6 nitrogen and oxygen atoms in total. The number of nitrogens with two attached hydrogens (primary N) is 1. The maximum atomic E-state index is 11.0. The van der Waals surface area contributed by atoms with Crippen molar-refractivity contribution in [2.24, 2.45) is 5.73 Å². The number of nitrogens with zero attached hydrogens (tertiary/aromatic N) is 3. The summed E-state index contributed by atoms with van der Waals surface area (Å²) in [5.41, 5.74) is 6.62. The lowest BCUT2D eigenvalue weighted by Crippen LogP contribution is -2.29. The highest BCUT2D eigenvalue weighted by Gasteiger charge is 2.06. The standard InChI is InChI=1S/C11H11BrClN5O/c12-9-2-1-8(3-10(9)13)18-6-7(16-17-18)5-15-11(19)4-14/h1-3,6H,4-5,14H2,(H,15,19). The lowest BCUT2D eigenvalue weighted by atomic mass is 10.3. The molecule has 100 valence electrons.